The van der Waals surface area contributed by atoms with E-state index in [1.165, 1.54) is 4.68 Å². The fraction of sp³-hybridized carbons (Fsp3) is 0.583. The molecule has 1 atom stereocenters. The molecule has 1 aromatic heterocycles. The van der Waals surface area contributed by atoms with E-state index in [1.807, 2.05) is 0 Å². The maximum Gasteiger partial charge on any atom is 0.241 e. The number of rotatable bonds is 5. The van der Waals surface area contributed by atoms with E-state index in [-0.39, 0.29) is 36.8 Å². The molecule has 2 rings (SSSR count). The van der Waals surface area contributed by atoms with E-state index in [0.29, 0.717) is 12.1 Å². The number of aromatic nitrogens is 2. The smallest absolute Gasteiger partial charge is 0.241 e. The highest BCUT2D eigenvalue weighted by Gasteiger charge is 2.17. The van der Waals surface area contributed by atoms with Gasteiger partial charge in [0.1, 0.15) is 6.54 Å². The Morgan fingerprint density at radius 3 is 2.95 bits per heavy atom. The molecule has 0 spiro atoms. The van der Waals surface area contributed by atoms with Crippen molar-refractivity contribution in [1.29, 1.82) is 0 Å². The second-order valence-corrected chi connectivity index (χ2v) is 4.65. The van der Waals surface area contributed by atoms with Crippen molar-refractivity contribution < 1.29 is 9.59 Å². The van der Waals surface area contributed by atoms with Gasteiger partial charge in [0, 0.05) is 25.7 Å². The third-order valence-corrected chi connectivity index (χ3v) is 3.10. The Hall–Kier alpha value is -1.60. The average Bonchev–Trinajstić information content (AvgIpc) is 3.01. The Morgan fingerprint density at radius 2 is 2.30 bits per heavy atom. The van der Waals surface area contributed by atoms with Crippen LogP contribution in [0.1, 0.15) is 19.3 Å². The minimum absolute atomic E-state index is 0. The third kappa shape index (κ3) is 4.82. The molecule has 0 aliphatic carbocycles. The topological polar surface area (TPSA) is 88.0 Å². The maximum atomic E-state index is 11.8. The molecule has 2 heterocycles. The average molecular weight is 302 g/mol. The highest BCUT2D eigenvalue weighted by molar-refractivity contribution is 5.90. The molecule has 0 bridgehead atoms. The number of nitrogens with one attached hydrogen (secondary N) is 3. The quantitative estimate of drug-likeness (QED) is 0.721. The number of halogens is 1. The van der Waals surface area contributed by atoms with Gasteiger partial charge in [-0.2, -0.15) is 5.10 Å². The summed E-state index contributed by atoms with van der Waals surface area (Å²) < 4.78 is 1.49. The molecule has 0 aromatic carbocycles. The molecule has 112 valence electrons. The van der Waals surface area contributed by atoms with E-state index in [0.717, 1.165) is 19.4 Å². The molecule has 1 aliphatic heterocycles. The summed E-state index contributed by atoms with van der Waals surface area (Å²) in [5, 5.41) is 12.6. The van der Waals surface area contributed by atoms with E-state index in [2.05, 4.69) is 21.0 Å². The van der Waals surface area contributed by atoms with Crippen molar-refractivity contribution in [2.45, 2.75) is 31.8 Å². The Labute approximate surface area is 123 Å². The number of nitrogens with zero attached hydrogens (tertiary/aromatic N) is 2. The summed E-state index contributed by atoms with van der Waals surface area (Å²) in [5.74, 6) is -0.157. The van der Waals surface area contributed by atoms with Gasteiger partial charge < -0.3 is 16.0 Å². The normalized spacial score (nSPS) is 17.4. The number of anilines is 1. The van der Waals surface area contributed by atoms with Gasteiger partial charge in [0.25, 0.3) is 0 Å². The molecule has 1 aliphatic rings. The first-order chi connectivity index (χ1) is 9.17. The van der Waals surface area contributed by atoms with Crippen LogP contribution in [0.3, 0.4) is 0 Å². The Kier molecular flexibility index (Phi) is 6.47. The molecular weight excluding hydrogens is 282 g/mol. The minimum Gasteiger partial charge on any atom is -0.358 e. The van der Waals surface area contributed by atoms with E-state index in [1.54, 1.807) is 19.4 Å². The van der Waals surface area contributed by atoms with Crippen LogP contribution in [0.2, 0.25) is 0 Å². The van der Waals surface area contributed by atoms with Gasteiger partial charge in [-0.05, 0) is 19.4 Å². The molecular formula is C12H20ClN5O2. The maximum absolute atomic E-state index is 11.8. The first-order valence-electron chi connectivity index (χ1n) is 6.43. The first-order valence-corrected chi connectivity index (χ1v) is 6.43. The zero-order valence-electron chi connectivity index (χ0n) is 11.4. The summed E-state index contributed by atoms with van der Waals surface area (Å²) in [6, 6.07) is 0.279. The number of hydrogen-bond acceptors (Lipinski definition) is 4. The molecule has 1 fully saturated rings. The zero-order chi connectivity index (χ0) is 13.7. The van der Waals surface area contributed by atoms with Gasteiger partial charge in [0.05, 0.1) is 11.9 Å². The van der Waals surface area contributed by atoms with Crippen LogP contribution in [0.25, 0.3) is 0 Å². The molecule has 1 saturated heterocycles. The van der Waals surface area contributed by atoms with Gasteiger partial charge in [0.15, 0.2) is 0 Å². The van der Waals surface area contributed by atoms with Crippen LogP contribution in [-0.4, -0.2) is 41.2 Å². The summed E-state index contributed by atoms with van der Waals surface area (Å²) in [6.07, 6.45) is 5.84. The number of likely N-dealkylation sites (N-methyl/N-ethyl adjacent to an activating group) is 1. The molecule has 1 aromatic rings. The van der Waals surface area contributed by atoms with Crippen molar-refractivity contribution in [3.05, 3.63) is 12.4 Å². The summed E-state index contributed by atoms with van der Waals surface area (Å²) in [7, 11) is 1.57. The van der Waals surface area contributed by atoms with Gasteiger partial charge in [0.2, 0.25) is 11.8 Å². The lowest BCUT2D eigenvalue weighted by Gasteiger charge is -2.08. The molecule has 2 amide bonds. The van der Waals surface area contributed by atoms with E-state index in [4.69, 9.17) is 0 Å². The summed E-state index contributed by atoms with van der Waals surface area (Å²) in [4.78, 5) is 23.0. The van der Waals surface area contributed by atoms with Crippen molar-refractivity contribution in [3.63, 3.8) is 0 Å². The van der Waals surface area contributed by atoms with Crippen molar-refractivity contribution in [2.24, 2.45) is 0 Å². The van der Waals surface area contributed by atoms with Crippen LogP contribution in [0.15, 0.2) is 12.4 Å². The third-order valence-electron chi connectivity index (χ3n) is 3.10. The van der Waals surface area contributed by atoms with E-state index < -0.39 is 0 Å². The Morgan fingerprint density at radius 1 is 1.50 bits per heavy atom. The van der Waals surface area contributed by atoms with Crippen LogP contribution in [0.4, 0.5) is 5.69 Å². The predicted molar refractivity (Wildman–Crippen MR) is 77.8 cm³/mol. The highest BCUT2D eigenvalue weighted by atomic mass is 35.5. The standard InChI is InChI=1S/C12H19N5O2.ClH/c1-13-12(19)8-17-7-10(6-15-17)16-11(18)5-9-3-2-4-14-9;/h6-7,9,14H,2-5,8H2,1H3,(H,13,19)(H,16,18);1H. The molecule has 1 unspecified atom stereocenters. The summed E-state index contributed by atoms with van der Waals surface area (Å²) in [6.45, 7) is 1.14. The fourth-order valence-electron chi connectivity index (χ4n) is 2.11. The minimum atomic E-state index is -0.129. The van der Waals surface area contributed by atoms with Gasteiger partial charge in [-0.3, -0.25) is 14.3 Å². The van der Waals surface area contributed by atoms with Crippen LogP contribution in [0.5, 0.6) is 0 Å². The molecule has 7 nitrogen and oxygen atoms in total. The molecule has 0 radical (unpaired) electrons. The monoisotopic (exact) mass is 301 g/mol. The van der Waals surface area contributed by atoms with Crippen molar-refractivity contribution in [2.75, 3.05) is 18.9 Å². The Bertz CT molecular complexity index is 456. The molecule has 0 saturated carbocycles. The van der Waals surface area contributed by atoms with Crippen molar-refractivity contribution in [3.8, 4) is 0 Å². The summed E-state index contributed by atoms with van der Waals surface area (Å²) >= 11 is 0. The number of carbonyl (C=O) groups is 2. The lowest BCUT2D eigenvalue weighted by molar-refractivity contribution is -0.121. The van der Waals surface area contributed by atoms with E-state index >= 15 is 0 Å². The largest absolute Gasteiger partial charge is 0.358 e. The summed E-state index contributed by atoms with van der Waals surface area (Å²) in [5.41, 5.74) is 0.618. The molecule has 20 heavy (non-hydrogen) atoms. The predicted octanol–water partition coefficient (Wildman–Crippen LogP) is 0.131. The van der Waals surface area contributed by atoms with Crippen molar-refractivity contribution >= 4 is 29.9 Å². The fourth-order valence-corrected chi connectivity index (χ4v) is 2.11. The lowest BCUT2D eigenvalue weighted by atomic mass is 10.1. The van der Waals surface area contributed by atoms with Gasteiger partial charge in [-0.25, -0.2) is 0 Å². The van der Waals surface area contributed by atoms with Crippen LogP contribution in [0, 0.1) is 0 Å². The van der Waals surface area contributed by atoms with Crippen LogP contribution >= 0.6 is 12.4 Å². The van der Waals surface area contributed by atoms with Gasteiger partial charge in [-0.1, -0.05) is 0 Å². The highest BCUT2D eigenvalue weighted by Crippen LogP contribution is 2.11. The SMILES string of the molecule is CNC(=O)Cn1cc(NC(=O)CC2CCCN2)cn1.Cl. The van der Waals surface area contributed by atoms with Crippen LogP contribution in [-0.2, 0) is 16.1 Å². The van der Waals surface area contributed by atoms with E-state index in [9.17, 15) is 9.59 Å². The van der Waals surface area contributed by atoms with Crippen LogP contribution < -0.4 is 16.0 Å². The zero-order valence-corrected chi connectivity index (χ0v) is 12.2. The second-order valence-electron chi connectivity index (χ2n) is 4.65. The number of carbonyl (C=O) groups excluding carboxylic acids is 2. The molecule has 3 N–H and O–H groups in total. The van der Waals surface area contributed by atoms with Crippen molar-refractivity contribution in [1.82, 2.24) is 20.4 Å². The molecule has 8 heteroatoms. The first kappa shape index (κ1) is 16.5. The Balaban J connectivity index is 0.00000200. The number of hydrogen-bond donors (Lipinski definition) is 3. The second kappa shape index (κ2) is 7.86. The van der Waals surface area contributed by atoms with Gasteiger partial charge >= 0.3 is 0 Å². The van der Waals surface area contributed by atoms with Gasteiger partial charge in [-0.15, -0.1) is 12.4 Å². The number of amides is 2. The lowest BCUT2D eigenvalue weighted by Crippen LogP contribution is -2.27.